The quantitative estimate of drug-likeness (QED) is 0.185. The fourth-order valence-corrected chi connectivity index (χ4v) is 8.98. The Morgan fingerprint density at radius 3 is 1.27 bits per heavy atom. The third-order valence-electron chi connectivity index (χ3n) is 11.3. The molecule has 0 radical (unpaired) electrons. The molecule has 0 saturated carbocycles. The standard InChI is InChI=1S/C48H25NO3/c1-5-11-41-30(7-1)35-20-18-33-38-24-29(27-15-13-26(14-16-27)28-17-22-43-37(23-28)32-9-3-4-10-40(32)50-43)25-39-34-19-21-36-31-8-2-6-12-42(31)52-48(36)46(34)49(44(38)39)45(33)47(35)51-41/h1-25H. The van der Waals surface area contributed by atoms with E-state index in [4.69, 9.17) is 13.3 Å². The van der Waals surface area contributed by atoms with Crippen molar-refractivity contribution in [2.75, 3.05) is 0 Å². The van der Waals surface area contributed by atoms with Crippen LogP contribution < -0.4 is 0 Å². The third kappa shape index (κ3) is 3.32. The Balaban J connectivity index is 1.08. The molecule has 5 heterocycles. The van der Waals surface area contributed by atoms with Gasteiger partial charge >= 0.3 is 0 Å². The second-order valence-electron chi connectivity index (χ2n) is 14.0. The minimum atomic E-state index is 0.893. The number of hydrogen-bond donors (Lipinski definition) is 0. The van der Waals surface area contributed by atoms with Gasteiger partial charge < -0.3 is 17.7 Å². The van der Waals surface area contributed by atoms with Crippen LogP contribution in [0, 0.1) is 0 Å². The van der Waals surface area contributed by atoms with E-state index in [0.717, 1.165) is 76.8 Å². The van der Waals surface area contributed by atoms with Gasteiger partial charge in [0.25, 0.3) is 0 Å². The fourth-order valence-electron chi connectivity index (χ4n) is 8.98. The van der Waals surface area contributed by atoms with E-state index in [-0.39, 0.29) is 0 Å². The summed E-state index contributed by atoms with van der Waals surface area (Å²) in [4.78, 5) is 0. The first kappa shape index (κ1) is 26.8. The second kappa shape index (κ2) is 9.39. The predicted molar refractivity (Wildman–Crippen MR) is 214 cm³/mol. The maximum absolute atomic E-state index is 6.70. The molecule has 0 aliphatic carbocycles. The van der Waals surface area contributed by atoms with Gasteiger partial charge in [-0.15, -0.1) is 0 Å². The number of fused-ring (bicyclic) bond motifs is 17. The first-order chi connectivity index (χ1) is 25.8. The number of furan rings is 3. The molecule has 8 aromatic carbocycles. The van der Waals surface area contributed by atoms with Crippen LogP contribution >= 0.6 is 0 Å². The van der Waals surface area contributed by atoms with Crippen LogP contribution in [0.15, 0.2) is 165 Å². The minimum absolute atomic E-state index is 0.893. The summed E-state index contributed by atoms with van der Waals surface area (Å²) in [7, 11) is 0. The van der Waals surface area contributed by atoms with E-state index < -0.39 is 0 Å². The highest BCUT2D eigenvalue weighted by atomic mass is 16.3. The molecule has 13 aromatic rings. The Kier molecular flexibility index (Phi) is 4.83. The van der Waals surface area contributed by atoms with Gasteiger partial charge in [0.2, 0.25) is 0 Å². The number of hydrogen-bond acceptors (Lipinski definition) is 3. The van der Waals surface area contributed by atoms with Crippen LogP contribution in [0.25, 0.3) is 126 Å². The number of para-hydroxylation sites is 3. The van der Waals surface area contributed by atoms with Crippen molar-refractivity contribution in [3.05, 3.63) is 152 Å². The van der Waals surface area contributed by atoms with Crippen LogP contribution in [-0.2, 0) is 0 Å². The average Bonchev–Trinajstić information content (AvgIpc) is 4.00. The molecule has 4 nitrogen and oxygen atoms in total. The van der Waals surface area contributed by atoms with Crippen LogP contribution in [0.1, 0.15) is 0 Å². The van der Waals surface area contributed by atoms with Crippen molar-refractivity contribution in [1.82, 2.24) is 4.40 Å². The van der Waals surface area contributed by atoms with E-state index in [0.29, 0.717) is 0 Å². The Labute approximate surface area is 294 Å². The van der Waals surface area contributed by atoms with Gasteiger partial charge in [-0.1, -0.05) is 97.1 Å². The van der Waals surface area contributed by atoms with Gasteiger partial charge in [0.15, 0.2) is 11.2 Å². The summed E-state index contributed by atoms with van der Waals surface area (Å²) >= 11 is 0. The van der Waals surface area contributed by atoms with Crippen molar-refractivity contribution in [2.24, 2.45) is 0 Å². The summed E-state index contributed by atoms with van der Waals surface area (Å²) in [5.74, 6) is 0. The molecule has 0 atom stereocenters. The van der Waals surface area contributed by atoms with Gasteiger partial charge in [0.1, 0.15) is 22.3 Å². The molecule has 52 heavy (non-hydrogen) atoms. The lowest BCUT2D eigenvalue weighted by atomic mass is 9.96. The smallest absolute Gasteiger partial charge is 0.160 e. The zero-order valence-corrected chi connectivity index (χ0v) is 27.6. The topological polar surface area (TPSA) is 43.8 Å². The highest BCUT2D eigenvalue weighted by molar-refractivity contribution is 6.32. The average molecular weight is 664 g/mol. The number of aromatic nitrogens is 1. The lowest BCUT2D eigenvalue weighted by Crippen LogP contribution is -1.82. The Hall–Kier alpha value is -7.04. The number of nitrogens with zero attached hydrogens (tertiary/aromatic N) is 1. The van der Waals surface area contributed by atoms with Crippen molar-refractivity contribution in [2.45, 2.75) is 0 Å². The van der Waals surface area contributed by atoms with Gasteiger partial charge in [0.05, 0.1) is 16.6 Å². The number of benzene rings is 8. The van der Waals surface area contributed by atoms with Crippen molar-refractivity contribution in [3.8, 4) is 22.3 Å². The second-order valence-corrected chi connectivity index (χ2v) is 14.0. The van der Waals surface area contributed by atoms with E-state index in [1.807, 2.05) is 24.3 Å². The highest BCUT2D eigenvalue weighted by Gasteiger charge is 2.25. The summed E-state index contributed by atoms with van der Waals surface area (Å²) < 4.78 is 21.9. The minimum Gasteiger partial charge on any atom is -0.456 e. The lowest BCUT2D eigenvalue weighted by molar-refractivity contribution is 0.668. The van der Waals surface area contributed by atoms with Crippen molar-refractivity contribution < 1.29 is 13.3 Å². The molecular formula is C48H25NO3. The first-order valence-corrected chi connectivity index (χ1v) is 17.7. The Morgan fingerprint density at radius 1 is 0.269 bits per heavy atom. The van der Waals surface area contributed by atoms with Gasteiger partial charge in [-0.25, -0.2) is 0 Å². The fraction of sp³-hybridized carbons (Fsp3) is 0. The van der Waals surface area contributed by atoms with Gasteiger partial charge in [-0.3, -0.25) is 0 Å². The Morgan fingerprint density at radius 2 is 0.692 bits per heavy atom. The first-order valence-electron chi connectivity index (χ1n) is 17.7. The van der Waals surface area contributed by atoms with Crippen LogP contribution in [0.2, 0.25) is 0 Å². The summed E-state index contributed by atoms with van der Waals surface area (Å²) in [6.07, 6.45) is 0. The third-order valence-corrected chi connectivity index (χ3v) is 11.3. The normalized spacial score (nSPS) is 12.6. The van der Waals surface area contributed by atoms with E-state index in [1.165, 1.54) is 49.3 Å². The molecular weight excluding hydrogens is 639 g/mol. The van der Waals surface area contributed by atoms with Crippen molar-refractivity contribution in [1.29, 1.82) is 0 Å². The number of rotatable bonds is 2. The summed E-state index contributed by atoms with van der Waals surface area (Å²) in [6.45, 7) is 0. The zero-order valence-electron chi connectivity index (χ0n) is 27.6. The van der Waals surface area contributed by atoms with Crippen LogP contribution in [0.3, 0.4) is 0 Å². The van der Waals surface area contributed by atoms with E-state index in [1.54, 1.807) is 0 Å². The molecule has 0 aliphatic heterocycles. The van der Waals surface area contributed by atoms with E-state index in [9.17, 15) is 0 Å². The van der Waals surface area contributed by atoms with Crippen LogP contribution in [0.5, 0.6) is 0 Å². The van der Waals surface area contributed by atoms with Gasteiger partial charge in [-0.2, -0.15) is 0 Å². The molecule has 0 bridgehead atoms. The van der Waals surface area contributed by atoms with Crippen molar-refractivity contribution in [3.63, 3.8) is 0 Å². The highest BCUT2D eigenvalue weighted by Crippen LogP contribution is 2.47. The molecule has 13 rings (SSSR count). The molecule has 0 fully saturated rings. The maximum Gasteiger partial charge on any atom is 0.160 e. The lowest BCUT2D eigenvalue weighted by Gasteiger charge is -2.07. The molecule has 0 N–H and O–H groups in total. The maximum atomic E-state index is 6.70. The molecule has 5 aromatic heterocycles. The van der Waals surface area contributed by atoms with E-state index in [2.05, 4.69) is 132 Å². The summed E-state index contributed by atoms with van der Waals surface area (Å²) in [6, 6.07) is 54.0. The molecule has 4 heteroatoms. The van der Waals surface area contributed by atoms with Gasteiger partial charge in [-0.05, 0) is 76.9 Å². The predicted octanol–water partition coefficient (Wildman–Crippen LogP) is 13.9. The molecule has 0 unspecified atom stereocenters. The van der Waals surface area contributed by atoms with Crippen molar-refractivity contribution >= 4 is 104 Å². The molecule has 240 valence electrons. The molecule has 0 amide bonds. The van der Waals surface area contributed by atoms with Crippen LogP contribution in [0.4, 0.5) is 0 Å². The Bertz CT molecular complexity index is 3470. The zero-order chi connectivity index (χ0) is 33.7. The monoisotopic (exact) mass is 663 g/mol. The molecule has 0 saturated heterocycles. The van der Waals surface area contributed by atoms with Gasteiger partial charge in [0, 0.05) is 53.9 Å². The molecule has 0 aliphatic rings. The summed E-state index contributed by atoms with van der Waals surface area (Å²) in [5.41, 5.74) is 13.4. The SMILES string of the molecule is c1ccc2c(c1)oc1ccc(-c3ccc(-c4cc5c6ccc7c8ccccc8oc7c6n6c5c(c4)c4ccc5c7ccccc7oc5c46)cc3)cc12. The van der Waals surface area contributed by atoms with Crippen LogP contribution in [-0.4, -0.2) is 4.40 Å². The summed E-state index contributed by atoms with van der Waals surface area (Å²) in [5, 5.41) is 11.5. The largest absolute Gasteiger partial charge is 0.456 e. The molecule has 0 spiro atoms. The van der Waals surface area contributed by atoms with E-state index >= 15 is 0 Å².